The summed E-state index contributed by atoms with van der Waals surface area (Å²) >= 11 is 0. The molecule has 0 radical (unpaired) electrons. The van der Waals surface area contributed by atoms with E-state index in [0.29, 0.717) is 17.8 Å². The Bertz CT molecular complexity index is 517. The van der Waals surface area contributed by atoms with Crippen LogP contribution in [0.25, 0.3) is 0 Å². The fraction of sp³-hybridized carbons (Fsp3) is 0.417. The highest BCUT2D eigenvalue weighted by atomic mass is 32.2. The Balaban J connectivity index is 2.92. The highest BCUT2D eigenvalue weighted by Crippen LogP contribution is 2.18. The predicted octanol–water partition coefficient (Wildman–Crippen LogP) is 0.934. The highest BCUT2D eigenvalue weighted by Gasteiger charge is 2.16. The third-order valence-electron chi connectivity index (χ3n) is 2.47. The highest BCUT2D eigenvalue weighted by molar-refractivity contribution is 7.92. The number of hydrogen-bond acceptors (Lipinski definition) is 4. The number of hydrogen-bond donors (Lipinski definition) is 1. The first-order valence-electron chi connectivity index (χ1n) is 5.61. The molecule has 0 spiro atoms. The summed E-state index contributed by atoms with van der Waals surface area (Å²) in [5.41, 5.74) is 1.11. The lowest BCUT2D eigenvalue weighted by Crippen LogP contribution is -2.32. The van der Waals surface area contributed by atoms with Crippen LogP contribution in [-0.4, -0.2) is 34.8 Å². The molecule has 18 heavy (non-hydrogen) atoms. The van der Waals surface area contributed by atoms with Crippen molar-refractivity contribution >= 4 is 15.7 Å². The van der Waals surface area contributed by atoms with E-state index in [4.69, 9.17) is 5.26 Å². The standard InChI is InChI=1S/C12H17N3O2S/c1-14-8-3-9-15(18(2,16)17)12-6-4-11(10-13)5-7-12/h4-7,14H,3,8-9H2,1-2H3. The lowest BCUT2D eigenvalue weighted by Gasteiger charge is -2.22. The SMILES string of the molecule is CNCCCN(c1ccc(C#N)cc1)S(C)(=O)=O. The number of nitrogens with one attached hydrogen (secondary N) is 1. The van der Waals surface area contributed by atoms with Gasteiger partial charge in [-0.1, -0.05) is 0 Å². The summed E-state index contributed by atoms with van der Waals surface area (Å²) in [4.78, 5) is 0. The molecule has 0 saturated heterocycles. The zero-order chi connectivity index (χ0) is 13.6. The molecule has 0 bridgehead atoms. The smallest absolute Gasteiger partial charge is 0.232 e. The van der Waals surface area contributed by atoms with Crippen molar-refractivity contribution in [2.24, 2.45) is 0 Å². The molecule has 0 aliphatic carbocycles. The third kappa shape index (κ3) is 4.02. The van der Waals surface area contributed by atoms with Crippen molar-refractivity contribution in [1.29, 1.82) is 5.26 Å². The fourth-order valence-corrected chi connectivity index (χ4v) is 2.55. The zero-order valence-electron chi connectivity index (χ0n) is 10.5. The fourth-order valence-electron chi connectivity index (χ4n) is 1.59. The van der Waals surface area contributed by atoms with Gasteiger partial charge in [0.05, 0.1) is 23.6 Å². The molecule has 0 aromatic heterocycles. The molecule has 1 aromatic carbocycles. The van der Waals surface area contributed by atoms with Crippen molar-refractivity contribution < 1.29 is 8.42 Å². The van der Waals surface area contributed by atoms with Crippen molar-refractivity contribution in [3.63, 3.8) is 0 Å². The molecule has 0 fully saturated rings. The van der Waals surface area contributed by atoms with Gasteiger partial charge in [-0.05, 0) is 44.3 Å². The summed E-state index contributed by atoms with van der Waals surface area (Å²) in [5, 5.41) is 11.7. The van der Waals surface area contributed by atoms with E-state index >= 15 is 0 Å². The first-order chi connectivity index (χ1) is 8.49. The average Bonchev–Trinajstić information content (AvgIpc) is 2.33. The quantitative estimate of drug-likeness (QED) is 0.778. The first-order valence-corrected chi connectivity index (χ1v) is 7.46. The van der Waals surface area contributed by atoms with Crippen LogP contribution in [0.1, 0.15) is 12.0 Å². The minimum absolute atomic E-state index is 0.422. The molecule has 0 unspecified atom stereocenters. The lowest BCUT2D eigenvalue weighted by molar-refractivity contribution is 0.594. The molecule has 0 saturated carbocycles. The second-order valence-corrected chi connectivity index (χ2v) is 5.86. The Kier molecular flexibility index (Phi) is 5.13. The molecule has 6 heteroatoms. The Morgan fingerprint density at radius 3 is 2.39 bits per heavy atom. The molecule has 0 heterocycles. The van der Waals surface area contributed by atoms with Crippen LogP contribution in [0, 0.1) is 11.3 Å². The van der Waals surface area contributed by atoms with Crippen molar-refractivity contribution in [3.05, 3.63) is 29.8 Å². The summed E-state index contributed by atoms with van der Waals surface area (Å²) in [5.74, 6) is 0. The van der Waals surface area contributed by atoms with Crippen LogP contribution in [0.2, 0.25) is 0 Å². The molecule has 98 valence electrons. The summed E-state index contributed by atoms with van der Waals surface area (Å²) in [6.07, 6.45) is 1.91. The molecule has 5 nitrogen and oxygen atoms in total. The minimum Gasteiger partial charge on any atom is -0.320 e. The molecule has 1 rings (SSSR count). The van der Waals surface area contributed by atoms with Crippen molar-refractivity contribution in [2.45, 2.75) is 6.42 Å². The van der Waals surface area contributed by atoms with Gasteiger partial charge in [0.25, 0.3) is 0 Å². The summed E-state index contributed by atoms with van der Waals surface area (Å²) in [7, 11) is -1.47. The minimum atomic E-state index is -3.30. The van der Waals surface area contributed by atoms with Crippen LogP contribution >= 0.6 is 0 Å². The van der Waals surface area contributed by atoms with Crippen LogP contribution in [0.3, 0.4) is 0 Å². The van der Waals surface area contributed by atoms with Gasteiger partial charge in [0, 0.05) is 6.54 Å². The monoisotopic (exact) mass is 267 g/mol. The van der Waals surface area contributed by atoms with Crippen LogP contribution in [0.5, 0.6) is 0 Å². The topological polar surface area (TPSA) is 73.2 Å². The molecule has 0 aliphatic rings. The van der Waals surface area contributed by atoms with Crippen LogP contribution in [0.4, 0.5) is 5.69 Å². The van der Waals surface area contributed by atoms with Gasteiger partial charge in [0.1, 0.15) is 0 Å². The van der Waals surface area contributed by atoms with Gasteiger partial charge in [-0.3, -0.25) is 4.31 Å². The number of nitrogens with zero attached hydrogens (tertiary/aromatic N) is 2. The Morgan fingerprint density at radius 2 is 1.94 bits per heavy atom. The van der Waals surface area contributed by atoms with E-state index in [1.54, 1.807) is 24.3 Å². The number of anilines is 1. The molecule has 0 atom stereocenters. The van der Waals surface area contributed by atoms with E-state index in [-0.39, 0.29) is 0 Å². The molecular weight excluding hydrogens is 250 g/mol. The second-order valence-electron chi connectivity index (χ2n) is 3.95. The first kappa shape index (κ1) is 14.5. The predicted molar refractivity (Wildman–Crippen MR) is 71.9 cm³/mol. The number of rotatable bonds is 6. The van der Waals surface area contributed by atoms with E-state index in [1.165, 1.54) is 10.6 Å². The summed E-state index contributed by atoms with van der Waals surface area (Å²) in [6, 6.07) is 8.54. The van der Waals surface area contributed by atoms with Crippen molar-refractivity contribution in [2.75, 3.05) is 30.7 Å². The maximum Gasteiger partial charge on any atom is 0.232 e. The van der Waals surface area contributed by atoms with E-state index in [0.717, 1.165) is 13.0 Å². The van der Waals surface area contributed by atoms with E-state index in [9.17, 15) is 8.42 Å². The van der Waals surface area contributed by atoms with Crippen LogP contribution in [0.15, 0.2) is 24.3 Å². The van der Waals surface area contributed by atoms with Gasteiger partial charge >= 0.3 is 0 Å². The number of nitriles is 1. The second kappa shape index (κ2) is 6.38. The van der Waals surface area contributed by atoms with Gasteiger partial charge < -0.3 is 5.32 Å². The number of benzene rings is 1. The Hall–Kier alpha value is -1.58. The maximum absolute atomic E-state index is 11.7. The summed E-state index contributed by atoms with van der Waals surface area (Å²) < 4.78 is 24.8. The van der Waals surface area contributed by atoms with Gasteiger partial charge in [0.15, 0.2) is 0 Å². The Labute approximate surface area is 108 Å². The zero-order valence-corrected chi connectivity index (χ0v) is 11.4. The van der Waals surface area contributed by atoms with E-state index in [2.05, 4.69) is 5.32 Å². The van der Waals surface area contributed by atoms with E-state index in [1.807, 2.05) is 13.1 Å². The largest absolute Gasteiger partial charge is 0.320 e. The molecular formula is C12H17N3O2S. The molecule has 0 aliphatic heterocycles. The van der Waals surface area contributed by atoms with Crippen LogP contribution in [-0.2, 0) is 10.0 Å². The number of sulfonamides is 1. The molecule has 1 N–H and O–H groups in total. The van der Waals surface area contributed by atoms with Gasteiger partial charge in [-0.25, -0.2) is 8.42 Å². The maximum atomic E-state index is 11.7. The molecule has 1 aromatic rings. The Morgan fingerprint density at radius 1 is 1.33 bits per heavy atom. The normalized spacial score (nSPS) is 10.9. The lowest BCUT2D eigenvalue weighted by atomic mass is 10.2. The summed E-state index contributed by atoms with van der Waals surface area (Å²) in [6.45, 7) is 1.17. The van der Waals surface area contributed by atoms with Crippen molar-refractivity contribution in [3.8, 4) is 6.07 Å². The third-order valence-corrected chi connectivity index (χ3v) is 3.67. The van der Waals surface area contributed by atoms with Crippen LogP contribution < -0.4 is 9.62 Å². The van der Waals surface area contributed by atoms with Gasteiger partial charge in [-0.15, -0.1) is 0 Å². The van der Waals surface area contributed by atoms with Gasteiger partial charge in [0.2, 0.25) is 10.0 Å². The van der Waals surface area contributed by atoms with Gasteiger partial charge in [-0.2, -0.15) is 5.26 Å². The van der Waals surface area contributed by atoms with Crippen molar-refractivity contribution in [1.82, 2.24) is 5.32 Å². The molecule has 0 amide bonds. The average molecular weight is 267 g/mol. The van der Waals surface area contributed by atoms with E-state index < -0.39 is 10.0 Å².